The molecule has 0 fully saturated rings. The fraction of sp³-hybridized carbons (Fsp3) is 0.474. The number of benzene rings is 1. The molecule has 1 atom stereocenters. The Morgan fingerprint density at radius 3 is 2.72 bits per heavy atom. The second-order valence-electron chi connectivity index (χ2n) is 5.99. The first-order chi connectivity index (χ1) is 12.0. The fourth-order valence-electron chi connectivity index (χ4n) is 2.43. The molecule has 0 aliphatic carbocycles. The number of nitrogens with zero attached hydrogens (tertiary/aromatic N) is 1. The van der Waals surface area contributed by atoms with E-state index in [1.807, 2.05) is 25.1 Å². The first kappa shape index (κ1) is 18.8. The first-order valence-electron chi connectivity index (χ1n) is 8.60. The second kappa shape index (κ2) is 9.11. The van der Waals surface area contributed by atoms with Crippen LogP contribution in [0.4, 0.5) is 0 Å². The molecule has 0 bridgehead atoms. The Bertz CT molecular complexity index is 696. The van der Waals surface area contributed by atoms with E-state index in [2.05, 4.69) is 17.4 Å². The average molecular weight is 346 g/mol. The van der Waals surface area contributed by atoms with Crippen LogP contribution in [0.15, 0.2) is 28.8 Å². The smallest absolute Gasteiger partial charge is 0.290 e. The lowest BCUT2D eigenvalue weighted by Gasteiger charge is -2.16. The summed E-state index contributed by atoms with van der Waals surface area (Å²) >= 11 is 0. The largest absolute Gasteiger partial charge is 0.493 e. The highest BCUT2D eigenvalue weighted by molar-refractivity contribution is 5.91. The van der Waals surface area contributed by atoms with Gasteiger partial charge in [-0.05, 0) is 38.0 Å². The van der Waals surface area contributed by atoms with Crippen molar-refractivity contribution in [3.63, 3.8) is 0 Å². The Labute approximate surface area is 148 Å². The highest BCUT2D eigenvalue weighted by Crippen LogP contribution is 2.30. The summed E-state index contributed by atoms with van der Waals surface area (Å²) < 4.78 is 16.2. The van der Waals surface area contributed by atoms with E-state index < -0.39 is 0 Å². The van der Waals surface area contributed by atoms with E-state index >= 15 is 0 Å². The van der Waals surface area contributed by atoms with Crippen LogP contribution in [0.3, 0.4) is 0 Å². The molecule has 0 aliphatic heterocycles. The Kier molecular flexibility index (Phi) is 6.86. The van der Waals surface area contributed by atoms with Gasteiger partial charge in [-0.1, -0.05) is 31.0 Å². The molecule has 2 aromatic rings. The maximum Gasteiger partial charge on any atom is 0.290 e. The van der Waals surface area contributed by atoms with Gasteiger partial charge in [0.2, 0.25) is 5.76 Å². The molecule has 1 aromatic heterocycles. The normalized spacial score (nSPS) is 11.8. The number of ether oxygens (including phenoxy) is 2. The highest BCUT2D eigenvalue weighted by atomic mass is 16.5. The highest BCUT2D eigenvalue weighted by Gasteiger charge is 2.17. The summed E-state index contributed by atoms with van der Waals surface area (Å²) in [5, 5.41) is 6.61. The standard InChI is InChI=1S/C19H26N2O4/c1-5-6-7-10-24-16-9-8-15(12-17(16)23-4)14(3)20-19(22)18-11-13(2)21-25-18/h8-9,11-12,14H,5-7,10H2,1-4H3,(H,20,22)/t14-/m1/s1. The molecule has 136 valence electrons. The molecule has 0 aliphatic rings. The van der Waals surface area contributed by atoms with Crippen molar-refractivity contribution in [2.45, 2.75) is 46.1 Å². The van der Waals surface area contributed by atoms with Crippen molar-refractivity contribution >= 4 is 5.91 Å². The number of nitrogens with one attached hydrogen (secondary N) is 1. The van der Waals surface area contributed by atoms with Gasteiger partial charge in [-0.15, -0.1) is 0 Å². The number of aryl methyl sites for hydroxylation is 1. The minimum Gasteiger partial charge on any atom is -0.493 e. The van der Waals surface area contributed by atoms with Crippen molar-refractivity contribution in [1.29, 1.82) is 0 Å². The van der Waals surface area contributed by atoms with Gasteiger partial charge in [0, 0.05) is 6.07 Å². The minimum absolute atomic E-state index is 0.201. The Balaban J connectivity index is 2.01. The Hall–Kier alpha value is -2.50. The van der Waals surface area contributed by atoms with Crippen molar-refractivity contribution < 1.29 is 18.8 Å². The number of hydrogen-bond donors (Lipinski definition) is 1. The van der Waals surface area contributed by atoms with E-state index in [0.29, 0.717) is 23.8 Å². The van der Waals surface area contributed by atoms with Crippen LogP contribution in [0, 0.1) is 6.92 Å². The lowest BCUT2D eigenvalue weighted by Crippen LogP contribution is -2.26. The van der Waals surface area contributed by atoms with Crippen LogP contribution in [-0.4, -0.2) is 24.8 Å². The molecule has 2 rings (SSSR count). The lowest BCUT2D eigenvalue weighted by atomic mass is 10.1. The molecule has 25 heavy (non-hydrogen) atoms. The fourth-order valence-corrected chi connectivity index (χ4v) is 2.43. The molecule has 1 heterocycles. The summed E-state index contributed by atoms with van der Waals surface area (Å²) in [5.41, 5.74) is 1.59. The Morgan fingerprint density at radius 1 is 1.28 bits per heavy atom. The second-order valence-corrected chi connectivity index (χ2v) is 5.99. The zero-order valence-electron chi connectivity index (χ0n) is 15.3. The van der Waals surface area contributed by atoms with Crippen LogP contribution < -0.4 is 14.8 Å². The number of aromatic nitrogens is 1. The van der Waals surface area contributed by atoms with Crippen LogP contribution >= 0.6 is 0 Å². The van der Waals surface area contributed by atoms with Gasteiger partial charge in [0.05, 0.1) is 25.5 Å². The third kappa shape index (κ3) is 5.24. The molecule has 6 heteroatoms. The van der Waals surface area contributed by atoms with Gasteiger partial charge in [0.1, 0.15) is 0 Å². The molecular weight excluding hydrogens is 320 g/mol. The molecule has 1 N–H and O–H groups in total. The van der Waals surface area contributed by atoms with Gasteiger partial charge in [0.15, 0.2) is 11.5 Å². The van der Waals surface area contributed by atoms with E-state index in [0.717, 1.165) is 24.8 Å². The average Bonchev–Trinajstić information content (AvgIpc) is 3.05. The van der Waals surface area contributed by atoms with Crippen molar-refractivity contribution in [3.8, 4) is 11.5 Å². The summed E-state index contributed by atoms with van der Waals surface area (Å²) in [6.07, 6.45) is 3.32. The predicted octanol–water partition coefficient (Wildman–Crippen LogP) is 4.05. The first-order valence-corrected chi connectivity index (χ1v) is 8.60. The molecule has 6 nitrogen and oxygen atoms in total. The van der Waals surface area contributed by atoms with Crippen LogP contribution in [0.5, 0.6) is 11.5 Å². The van der Waals surface area contributed by atoms with Crippen molar-refractivity contribution in [2.24, 2.45) is 0 Å². The Morgan fingerprint density at radius 2 is 2.08 bits per heavy atom. The number of carbonyl (C=O) groups is 1. The maximum absolute atomic E-state index is 12.2. The maximum atomic E-state index is 12.2. The van der Waals surface area contributed by atoms with E-state index in [1.165, 1.54) is 0 Å². The van der Waals surface area contributed by atoms with Crippen LogP contribution in [-0.2, 0) is 0 Å². The van der Waals surface area contributed by atoms with Gasteiger partial charge in [-0.3, -0.25) is 4.79 Å². The lowest BCUT2D eigenvalue weighted by molar-refractivity contribution is 0.0902. The van der Waals surface area contributed by atoms with Gasteiger partial charge in [0.25, 0.3) is 5.91 Å². The summed E-state index contributed by atoms with van der Waals surface area (Å²) in [7, 11) is 1.61. The summed E-state index contributed by atoms with van der Waals surface area (Å²) in [6.45, 7) is 6.50. The third-order valence-electron chi connectivity index (χ3n) is 3.89. The van der Waals surface area contributed by atoms with E-state index in [-0.39, 0.29) is 17.7 Å². The number of carbonyl (C=O) groups excluding carboxylic acids is 1. The molecule has 0 saturated heterocycles. The number of rotatable bonds is 9. The predicted molar refractivity (Wildman–Crippen MR) is 95.1 cm³/mol. The molecule has 1 aromatic carbocycles. The molecule has 1 amide bonds. The van der Waals surface area contributed by atoms with E-state index in [4.69, 9.17) is 14.0 Å². The molecular formula is C19H26N2O4. The van der Waals surface area contributed by atoms with E-state index in [1.54, 1.807) is 20.1 Å². The molecule has 0 saturated carbocycles. The van der Waals surface area contributed by atoms with Crippen LogP contribution in [0.1, 0.15) is 61.0 Å². The van der Waals surface area contributed by atoms with E-state index in [9.17, 15) is 4.79 Å². The zero-order chi connectivity index (χ0) is 18.2. The summed E-state index contributed by atoms with van der Waals surface area (Å²) in [5.74, 6) is 1.27. The molecule has 0 radical (unpaired) electrons. The SMILES string of the molecule is CCCCCOc1ccc([C@@H](C)NC(=O)c2cc(C)no2)cc1OC. The van der Waals surface area contributed by atoms with Gasteiger partial charge in [-0.25, -0.2) is 0 Å². The topological polar surface area (TPSA) is 73.6 Å². The van der Waals surface area contributed by atoms with Crippen LogP contribution in [0.25, 0.3) is 0 Å². The van der Waals surface area contributed by atoms with Crippen molar-refractivity contribution in [1.82, 2.24) is 10.5 Å². The third-order valence-corrected chi connectivity index (χ3v) is 3.89. The zero-order valence-corrected chi connectivity index (χ0v) is 15.3. The van der Waals surface area contributed by atoms with Crippen molar-refractivity contribution in [2.75, 3.05) is 13.7 Å². The van der Waals surface area contributed by atoms with Gasteiger partial charge >= 0.3 is 0 Å². The van der Waals surface area contributed by atoms with Crippen LogP contribution in [0.2, 0.25) is 0 Å². The number of methoxy groups -OCH3 is 1. The molecule has 0 spiro atoms. The monoisotopic (exact) mass is 346 g/mol. The number of unbranched alkanes of at least 4 members (excludes halogenated alkanes) is 2. The van der Waals surface area contributed by atoms with Crippen molar-refractivity contribution in [3.05, 3.63) is 41.3 Å². The molecule has 0 unspecified atom stereocenters. The van der Waals surface area contributed by atoms with Gasteiger partial charge in [-0.2, -0.15) is 0 Å². The number of amides is 1. The quantitative estimate of drug-likeness (QED) is 0.693. The van der Waals surface area contributed by atoms with Gasteiger partial charge < -0.3 is 19.3 Å². The summed E-state index contributed by atoms with van der Waals surface area (Å²) in [4.78, 5) is 12.2. The number of hydrogen-bond acceptors (Lipinski definition) is 5. The minimum atomic E-state index is -0.299. The summed E-state index contributed by atoms with van der Waals surface area (Å²) in [6, 6.07) is 7.08.